The van der Waals surface area contributed by atoms with Gasteiger partial charge in [-0.3, -0.25) is 14.2 Å². The van der Waals surface area contributed by atoms with Crippen LogP contribution in [0.5, 0.6) is 0 Å². The van der Waals surface area contributed by atoms with Gasteiger partial charge in [0.1, 0.15) is 24.4 Å². The molecule has 0 amide bonds. The van der Waals surface area contributed by atoms with E-state index in [4.69, 9.17) is 0 Å². The molecule has 0 unspecified atom stereocenters. The number of aromatic nitrogens is 5. The summed E-state index contributed by atoms with van der Waals surface area (Å²) in [4.78, 5) is 27.4. The number of halogens is 2. The Labute approximate surface area is 126 Å². The molecule has 3 rings (SSSR count). The fraction of sp³-hybridized carbons (Fsp3) is 0.154. The van der Waals surface area contributed by atoms with Gasteiger partial charge < -0.3 is 4.74 Å². The third-order valence-electron chi connectivity index (χ3n) is 3.09. The average Bonchev–Trinajstić information content (AvgIpc) is 2.94. The van der Waals surface area contributed by atoms with E-state index in [2.05, 4.69) is 20.0 Å². The van der Waals surface area contributed by atoms with Gasteiger partial charge in [-0.2, -0.15) is 4.68 Å². The zero-order valence-corrected chi connectivity index (χ0v) is 11.7. The van der Waals surface area contributed by atoms with Gasteiger partial charge in [0, 0.05) is 6.07 Å². The first kappa shape index (κ1) is 14.8. The summed E-state index contributed by atoms with van der Waals surface area (Å²) in [6, 6.07) is 2.88. The minimum absolute atomic E-state index is 0.0124. The molecule has 0 saturated carbocycles. The predicted octanol–water partition coefficient (Wildman–Crippen LogP) is 0.428. The van der Waals surface area contributed by atoms with E-state index in [0.29, 0.717) is 6.07 Å². The van der Waals surface area contributed by atoms with Crippen LogP contribution in [0.1, 0.15) is 0 Å². The summed E-state index contributed by atoms with van der Waals surface area (Å²) in [7, 11) is 1.19. The van der Waals surface area contributed by atoms with Crippen LogP contribution in [0, 0.1) is 11.6 Å². The Morgan fingerprint density at radius 2 is 2.13 bits per heavy atom. The smallest absolute Gasteiger partial charge is 0.325 e. The molecule has 0 radical (unpaired) electrons. The number of benzene rings is 1. The first-order valence-corrected chi connectivity index (χ1v) is 6.34. The molecular weight excluding hydrogens is 312 g/mol. The van der Waals surface area contributed by atoms with Gasteiger partial charge in [-0.25, -0.2) is 13.8 Å². The monoisotopic (exact) mass is 321 g/mol. The number of carbonyl (C=O) groups excluding carboxylic acids is 1. The van der Waals surface area contributed by atoms with E-state index in [9.17, 15) is 18.4 Å². The van der Waals surface area contributed by atoms with Crippen molar-refractivity contribution in [2.75, 3.05) is 7.11 Å². The fourth-order valence-corrected chi connectivity index (χ4v) is 1.98. The van der Waals surface area contributed by atoms with Crippen LogP contribution in [0.4, 0.5) is 8.78 Å². The van der Waals surface area contributed by atoms with Crippen molar-refractivity contribution in [2.45, 2.75) is 6.54 Å². The maximum Gasteiger partial charge on any atom is 0.325 e. The number of ether oxygens (including phenoxy) is 1. The fourth-order valence-electron chi connectivity index (χ4n) is 1.98. The summed E-state index contributed by atoms with van der Waals surface area (Å²) in [6.45, 7) is -0.337. The SMILES string of the molecule is COC(=O)Cn1cnc2c(nnn2-c2ccc(F)cc2F)c1=O. The van der Waals surface area contributed by atoms with Gasteiger partial charge in [0.05, 0.1) is 7.11 Å². The molecule has 0 aliphatic heterocycles. The third-order valence-corrected chi connectivity index (χ3v) is 3.09. The predicted molar refractivity (Wildman–Crippen MR) is 72.9 cm³/mol. The number of nitrogens with zero attached hydrogens (tertiary/aromatic N) is 5. The van der Waals surface area contributed by atoms with Crippen molar-refractivity contribution in [1.82, 2.24) is 24.5 Å². The van der Waals surface area contributed by atoms with Crippen molar-refractivity contribution in [3.8, 4) is 5.69 Å². The zero-order chi connectivity index (χ0) is 16.6. The highest BCUT2D eigenvalue weighted by molar-refractivity contribution is 5.72. The van der Waals surface area contributed by atoms with Crippen molar-refractivity contribution in [2.24, 2.45) is 0 Å². The molecule has 2 aromatic heterocycles. The highest BCUT2D eigenvalue weighted by Crippen LogP contribution is 2.16. The molecule has 2 heterocycles. The van der Waals surface area contributed by atoms with Gasteiger partial charge in [0.15, 0.2) is 17.0 Å². The van der Waals surface area contributed by atoms with E-state index >= 15 is 0 Å². The summed E-state index contributed by atoms with van der Waals surface area (Å²) in [5.41, 5.74) is -0.901. The highest BCUT2D eigenvalue weighted by Gasteiger charge is 2.17. The third kappa shape index (κ3) is 2.54. The molecule has 0 saturated heterocycles. The second-order valence-electron chi connectivity index (χ2n) is 4.52. The topological polar surface area (TPSA) is 91.9 Å². The van der Waals surface area contributed by atoms with Crippen molar-refractivity contribution < 1.29 is 18.3 Å². The van der Waals surface area contributed by atoms with Crippen LogP contribution in [0.3, 0.4) is 0 Å². The minimum atomic E-state index is -0.877. The number of esters is 1. The van der Waals surface area contributed by atoms with Crippen LogP contribution in [0.25, 0.3) is 16.9 Å². The maximum atomic E-state index is 13.8. The maximum absolute atomic E-state index is 13.8. The van der Waals surface area contributed by atoms with E-state index in [1.165, 1.54) is 7.11 Å². The van der Waals surface area contributed by atoms with Crippen LogP contribution in [-0.2, 0) is 16.1 Å². The van der Waals surface area contributed by atoms with E-state index in [-0.39, 0.29) is 23.4 Å². The lowest BCUT2D eigenvalue weighted by Gasteiger charge is -2.05. The highest BCUT2D eigenvalue weighted by atomic mass is 19.1. The standard InChI is InChI=1S/C13H9F2N5O3/c1-23-10(21)5-19-6-16-12-11(13(19)22)17-18-20(12)9-3-2-7(14)4-8(9)15/h2-4,6H,5H2,1H3. The van der Waals surface area contributed by atoms with Crippen LogP contribution in [0.15, 0.2) is 29.3 Å². The van der Waals surface area contributed by atoms with E-state index in [1.54, 1.807) is 0 Å². The van der Waals surface area contributed by atoms with Gasteiger partial charge in [-0.15, -0.1) is 5.10 Å². The number of carbonyl (C=O) groups is 1. The average molecular weight is 321 g/mol. The van der Waals surface area contributed by atoms with Crippen LogP contribution in [0.2, 0.25) is 0 Å². The number of hydrogen-bond acceptors (Lipinski definition) is 6. The molecule has 0 N–H and O–H groups in total. The van der Waals surface area contributed by atoms with E-state index < -0.39 is 23.2 Å². The zero-order valence-electron chi connectivity index (χ0n) is 11.7. The number of hydrogen-bond donors (Lipinski definition) is 0. The number of methoxy groups -OCH3 is 1. The van der Waals surface area contributed by atoms with Crippen molar-refractivity contribution in [3.63, 3.8) is 0 Å². The minimum Gasteiger partial charge on any atom is -0.468 e. The Balaban J connectivity index is 2.14. The van der Waals surface area contributed by atoms with Gasteiger partial charge >= 0.3 is 5.97 Å². The molecule has 3 aromatic rings. The summed E-state index contributed by atoms with van der Waals surface area (Å²) in [6.07, 6.45) is 1.10. The molecule has 10 heteroatoms. The van der Waals surface area contributed by atoms with Crippen LogP contribution >= 0.6 is 0 Å². The largest absolute Gasteiger partial charge is 0.468 e. The molecule has 0 spiro atoms. The molecule has 0 aliphatic carbocycles. The Hall–Kier alpha value is -3.17. The molecule has 8 nitrogen and oxygen atoms in total. The van der Waals surface area contributed by atoms with Crippen molar-refractivity contribution >= 4 is 17.1 Å². The summed E-state index contributed by atoms with van der Waals surface area (Å²) in [5, 5.41) is 7.33. The van der Waals surface area contributed by atoms with Gasteiger partial charge in [0.2, 0.25) is 0 Å². The molecule has 0 aliphatic rings. The quantitative estimate of drug-likeness (QED) is 0.650. The van der Waals surface area contributed by atoms with E-state index in [0.717, 1.165) is 27.7 Å². The molecule has 0 fully saturated rings. The Morgan fingerprint density at radius 3 is 2.83 bits per heavy atom. The number of rotatable bonds is 3. The summed E-state index contributed by atoms with van der Waals surface area (Å²) in [5.74, 6) is -2.26. The second-order valence-corrected chi connectivity index (χ2v) is 4.52. The normalized spacial score (nSPS) is 10.9. The molecule has 118 valence electrons. The summed E-state index contributed by atoms with van der Waals surface area (Å²) < 4.78 is 33.3. The van der Waals surface area contributed by atoms with Crippen LogP contribution in [-0.4, -0.2) is 37.6 Å². The number of fused-ring (bicyclic) bond motifs is 1. The second kappa shape index (κ2) is 5.55. The van der Waals surface area contributed by atoms with Crippen LogP contribution < -0.4 is 5.56 Å². The van der Waals surface area contributed by atoms with Gasteiger partial charge in [-0.1, -0.05) is 5.21 Å². The lowest BCUT2D eigenvalue weighted by molar-refractivity contribution is -0.141. The Kier molecular flexibility index (Phi) is 3.56. The first-order valence-electron chi connectivity index (χ1n) is 6.34. The molecular formula is C13H9F2N5O3. The lowest BCUT2D eigenvalue weighted by atomic mass is 10.3. The first-order chi connectivity index (χ1) is 11.0. The molecule has 1 aromatic carbocycles. The van der Waals surface area contributed by atoms with Gasteiger partial charge in [-0.05, 0) is 12.1 Å². The molecule has 23 heavy (non-hydrogen) atoms. The van der Waals surface area contributed by atoms with E-state index in [1.807, 2.05) is 0 Å². The Morgan fingerprint density at radius 1 is 1.35 bits per heavy atom. The van der Waals surface area contributed by atoms with Crippen molar-refractivity contribution in [1.29, 1.82) is 0 Å². The Bertz CT molecular complexity index is 966. The molecule has 0 bridgehead atoms. The lowest BCUT2D eigenvalue weighted by Crippen LogP contribution is -2.25. The van der Waals surface area contributed by atoms with Crippen molar-refractivity contribution in [3.05, 3.63) is 46.5 Å². The molecule has 0 atom stereocenters. The van der Waals surface area contributed by atoms with Gasteiger partial charge in [0.25, 0.3) is 5.56 Å². The summed E-state index contributed by atoms with van der Waals surface area (Å²) >= 11 is 0.